The van der Waals surface area contributed by atoms with E-state index in [4.69, 9.17) is 11.6 Å². The lowest BCUT2D eigenvalue weighted by Gasteiger charge is -2.12. The molecule has 33 heavy (non-hydrogen) atoms. The van der Waals surface area contributed by atoms with Gasteiger partial charge in [0.15, 0.2) is 0 Å². The second-order valence-electron chi connectivity index (χ2n) is 7.75. The van der Waals surface area contributed by atoms with Gasteiger partial charge in [0.1, 0.15) is 0 Å². The van der Waals surface area contributed by atoms with Gasteiger partial charge in [0, 0.05) is 33.7 Å². The first-order chi connectivity index (χ1) is 15.7. The maximum absolute atomic E-state index is 13.0. The van der Waals surface area contributed by atoms with E-state index < -0.39 is 16.1 Å². The van der Waals surface area contributed by atoms with Crippen molar-refractivity contribution in [3.63, 3.8) is 0 Å². The Morgan fingerprint density at radius 2 is 1.82 bits per heavy atom. The van der Waals surface area contributed by atoms with Crippen LogP contribution in [0.3, 0.4) is 0 Å². The number of carbonyl (C=O) groups excluding carboxylic acids is 2. The molecule has 1 fully saturated rings. The molecule has 0 unspecified atom stereocenters. The number of aromatic nitrogens is 1. The minimum Gasteiger partial charge on any atom is -0.318 e. The molecule has 2 aromatic carbocycles. The summed E-state index contributed by atoms with van der Waals surface area (Å²) in [5, 5.41) is 11.5. The van der Waals surface area contributed by atoms with E-state index in [0.717, 1.165) is 44.9 Å². The highest BCUT2D eigenvalue weighted by atomic mass is 35.5. The molecule has 0 atom stereocenters. The van der Waals surface area contributed by atoms with Crippen LogP contribution in [-0.2, 0) is 11.3 Å². The van der Waals surface area contributed by atoms with E-state index in [1.165, 1.54) is 6.07 Å². The molecule has 3 aromatic rings. The number of halogens is 1. The molecule has 4 rings (SSSR count). The SMILES string of the molecule is Cc1ccc(-n2c(C)cc(/C=C3\SC(=O)N(Cc4ccccc4[N+](=O)[O-])C3=O)c2C)cc1Cl. The quantitative estimate of drug-likeness (QED) is 0.246. The minimum absolute atomic E-state index is 0.124. The van der Waals surface area contributed by atoms with Gasteiger partial charge in [-0.2, -0.15) is 0 Å². The average Bonchev–Trinajstić information content (AvgIpc) is 3.19. The van der Waals surface area contributed by atoms with Gasteiger partial charge in [0.2, 0.25) is 0 Å². The van der Waals surface area contributed by atoms with E-state index in [2.05, 4.69) is 0 Å². The number of nitrogens with zero attached hydrogens (tertiary/aromatic N) is 3. The number of rotatable bonds is 5. The molecule has 0 spiro atoms. The molecule has 1 saturated heterocycles. The summed E-state index contributed by atoms with van der Waals surface area (Å²) in [6.45, 7) is 5.68. The lowest BCUT2D eigenvalue weighted by Crippen LogP contribution is -2.27. The number of para-hydroxylation sites is 1. The van der Waals surface area contributed by atoms with Crippen LogP contribution in [0.2, 0.25) is 5.02 Å². The molecule has 2 amide bonds. The number of nitro benzene ring substituents is 1. The average molecular weight is 482 g/mol. The molecule has 1 aliphatic rings. The smallest absolute Gasteiger partial charge is 0.293 e. The summed E-state index contributed by atoms with van der Waals surface area (Å²) in [5.74, 6) is -0.466. The third-order valence-electron chi connectivity index (χ3n) is 5.56. The van der Waals surface area contributed by atoms with Crippen LogP contribution < -0.4 is 0 Å². The summed E-state index contributed by atoms with van der Waals surface area (Å²) in [6, 6.07) is 13.9. The molecular weight excluding hydrogens is 462 g/mol. The zero-order valence-corrected chi connectivity index (χ0v) is 19.7. The topological polar surface area (TPSA) is 85.4 Å². The van der Waals surface area contributed by atoms with Gasteiger partial charge in [0.25, 0.3) is 16.8 Å². The van der Waals surface area contributed by atoms with E-state index in [1.807, 2.05) is 49.6 Å². The molecule has 0 saturated carbocycles. The van der Waals surface area contributed by atoms with Crippen molar-refractivity contribution < 1.29 is 14.5 Å². The van der Waals surface area contributed by atoms with E-state index >= 15 is 0 Å². The number of benzene rings is 2. The van der Waals surface area contributed by atoms with Crippen molar-refractivity contribution in [3.05, 3.63) is 96.7 Å². The highest BCUT2D eigenvalue weighted by Gasteiger charge is 2.36. The standard InChI is InChI=1S/C24H20ClN3O4S/c1-14-8-9-19(12-20(14)25)27-15(2)10-18(16(27)3)11-22-23(29)26(24(30)33-22)13-17-6-4-5-7-21(17)28(31)32/h4-12H,13H2,1-3H3/b22-11-. The number of imide groups is 1. The lowest BCUT2D eigenvalue weighted by molar-refractivity contribution is -0.385. The van der Waals surface area contributed by atoms with Crippen LogP contribution in [0.4, 0.5) is 10.5 Å². The van der Waals surface area contributed by atoms with Crippen LogP contribution >= 0.6 is 23.4 Å². The Morgan fingerprint density at radius 1 is 1.09 bits per heavy atom. The van der Waals surface area contributed by atoms with Gasteiger partial charge >= 0.3 is 0 Å². The maximum Gasteiger partial charge on any atom is 0.293 e. The zero-order valence-electron chi connectivity index (χ0n) is 18.2. The van der Waals surface area contributed by atoms with Crippen LogP contribution in [-0.4, -0.2) is 25.5 Å². The first-order valence-electron chi connectivity index (χ1n) is 10.1. The molecule has 1 aromatic heterocycles. The Balaban J connectivity index is 1.65. The molecule has 0 radical (unpaired) electrons. The minimum atomic E-state index is -0.517. The van der Waals surface area contributed by atoms with Gasteiger partial charge in [-0.15, -0.1) is 0 Å². The Morgan fingerprint density at radius 3 is 2.52 bits per heavy atom. The monoisotopic (exact) mass is 481 g/mol. The number of thioether (sulfide) groups is 1. The molecule has 0 N–H and O–H groups in total. The predicted molar refractivity (Wildman–Crippen MR) is 130 cm³/mol. The molecule has 168 valence electrons. The van der Waals surface area contributed by atoms with Crippen molar-refractivity contribution in [2.75, 3.05) is 0 Å². The van der Waals surface area contributed by atoms with Crippen LogP contribution in [0.5, 0.6) is 0 Å². The first-order valence-corrected chi connectivity index (χ1v) is 11.3. The molecule has 0 aliphatic carbocycles. The summed E-state index contributed by atoms with van der Waals surface area (Å²) in [7, 11) is 0. The number of carbonyl (C=O) groups is 2. The Bertz CT molecular complexity index is 1350. The summed E-state index contributed by atoms with van der Waals surface area (Å²) in [4.78, 5) is 37.6. The van der Waals surface area contributed by atoms with Gasteiger partial charge in [-0.3, -0.25) is 24.6 Å². The fourth-order valence-electron chi connectivity index (χ4n) is 3.82. The molecular formula is C24H20ClN3O4S. The van der Waals surface area contributed by atoms with Crippen LogP contribution in [0.1, 0.15) is 28.1 Å². The molecule has 7 nitrogen and oxygen atoms in total. The third kappa shape index (κ3) is 4.31. The van der Waals surface area contributed by atoms with E-state index in [1.54, 1.807) is 24.3 Å². The summed E-state index contributed by atoms with van der Waals surface area (Å²) < 4.78 is 2.04. The fraction of sp³-hybridized carbons (Fsp3) is 0.167. The van der Waals surface area contributed by atoms with Gasteiger partial charge in [0.05, 0.1) is 16.4 Å². The highest BCUT2D eigenvalue weighted by Crippen LogP contribution is 2.35. The van der Waals surface area contributed by atoms with Crippen molar-refractivity contribution in [2.24, 2.45) is 0 Å². The molecule has 9 heteroatoms. The molecule has 0 bridgehead atoms. The van der Waals surface area contributed by atoms with Crippen molar-refractivity contribution in [1.29, 1.82) is 0 Å². The van der Waals surface area contributed by atoms with E-state index in [-0.39, 0.29) is 17.1 Å². The van der Waals surface area contributed by atoms with Crippen LogP contribution in [0.25, 0.3) is 11.8 Å². The van der Waals surface area contributed by atoms with Crippen molar-refractivity contribution >= 4 is 46.3 Å². The number of nitro groups is 1. The predicted octanol–water partition coefficient (Wildman–Crippen LogP) is 6.20. The second kappa shape index (κ2) is 8.88. The van der Waals surface area contributed by atoms with Crippen LogP contribution in [0.15, 0.2) is 53.4 Å². The largest absolute Gasteiger partial charge is 0.318 e. The van der Waals surface area contributed by atoms with Gasteiger partial charge in [-0.05, 0) is 67.9 Å². The Hall–Kier alpha value is -3.36. The first kappa shape index (κ1) is 22.8. The van der Waals surface area contributed by atoms with Crippen molar-refractivity contribution in [2.45, 2.75) is 27.3 Å². The summed E-state index contributed by atoms with van der Waals surface area (Å²) >= 11 is 7.14. The number of hydrogen-bond donors (Lipinski definition) is 0. The normalized spacial score (nSPS) is 15.0. The fourth-order valence-corrected chi connectivity index (χ4v) is 4.83. The van der Waals surface area contributed by atoms with Gasteiger partial charge < -0.3 is 4.57 Å². The lowest BCUT2D eigenvalue weighted by atomic mass is 10.1. The summed E-state index contributed by atoms with van der Waals surface area (Å²) in [5.41, 5.74) is 4.73. The van der Waals surface area contributed by atoms with E-state index in [0.29, 0.717) is 10.6 Å². The van der Waals surface area contributed by atoms with Crippen molar-refractivity contribution in [1.82, 2.24) is 9.47 Å². The van der Waals surface area contributed by atoms with Crippen molar-refractivity contribution in [3.8, 4) is 5.69 Å². The molecule has 2 heterocycles. The van der Waals surface area contributed by atoms with Crippen LogP contribution in [0, 0.1) is 30.9 Å². The number of hydrogen-bond acceptors (Lipinski definition) is 5. The zero-order chi connectivity index (χ0) is 23.9. The maximum atomic E-state index is 13.0. The summed E-state index contributed by atoms with van der Waals surface area (Å²) in [6.07, 6.45) is 1.69. The Labute approximate surface area is 199 Å². The highest BCUT2D eigenvalue weighted by molar-refractivity contribution is 8.18. The Kier molecular flexibility index (Phi) is 6.14. The molecule has 1 aliphatic heterocycles. The van der Waals surface area contributed by atoms with E-state index in [9.17, 15) is 19.7 Å². The van der Waals surface area contributed by atoms with Gasteiger partial charge in [-0.1, -0.05) is 35.9 Å². The number of aryl methyl sites for hydroxylation is 2. The second-order valence-corrected chi connectivity index (χ2v) is 9.15. The van der Waals surface area contributed by atoms with Gasteiger partial charge in [-0.25, -0.2) is 0 Å². The number of amides is 2. The third-order valence-corrected chi connectivity index (χ3v) is 6.88.